The molecule has 130 valence electrons. The summed E-state index contributed by atoms with van der Waals surface area (Å²) in [5.74, 6) is 1.57. The van der Waals surface area contributed by atoms with Crippen molar-refractivity contribution in [2.45, 2.75) is 45.1 Å². The van der Waals surface area contributed by atoms with Crippen LogP contribution >= 0.6 is 0 Å². The first-order chi connectivity index (χ1) is 11.6. The summed E-state index contributed by atoms with van der Waals surface area (Å²) >= 11 is 0. The number of carbonyl (C=O) groups excluding carboxylic acids is 1. The van der Waals surface area contributed by atoms with Crippen molar-refractivity contribution in [2.75, 3.05) is 26.2 Å². The molecule has 1 aliphatic carbocycles. The molecule has 2 atom stereocenters. The summed E-state index contributed by atoms with van der Waals surface area (Å²) in [5, 5.41) is 10.1. The molecule has 5 rings (SSSR count). The van der Waals surface area contributed by atoms with Crippen molar-refractivity contribution in [3.63, 3.8) is 0 Å². The summed E-state index contributed by atoms with van der Waals surface area (Å²) in [5.41, 5.74) is 1.47. The largest absolute Gasteiger partial charge is 0.507 e. The summed E-state index contributed by atoms with van der Waals surface area (Å²) in [6.45, 7) is 5.98. The molecule has 0 radical (unpaired) electrons. The maximum Gasteiger partial charge on any atom is 0.257 e. The number of benzene rings is 1. The van der Waals surface area contributed by atoms with E-state index in [1.54, 1.807) is 6.07 Å². The van der Waals surface area contributed by atoms with Gasteiger partial charge in [-0.3, -0.25) is 9.69 Å². The first kappa shape index (κ1) is 15.9. The van der Waals surface area contributed by atoms with E-state index in [1.165, 1.54) is 38.6 Å². The number of phenolic OH excluding ortho intramolecular Hbond substituents is 1. The number of piperidine rings is 1. The molecular formula is C20H28N2O2. The number of nitrogens with zero attached hydrogens (tertiary/aromatic N) is 2. The molecule has 1 aromatic rings. The molecule has 24 heavy (non-hydrogen) atoms. The monoisotopic (exact) mass is 328 g/mol. The average Bonchev–Trinajstić information content (AvgIpc) is 2.84. The van der Waals surface area contributed by atoms with Crippen LogP contribution in [0.5, 0.6) is 5.75 Å². The molecule has 4 aliphatic rings. The van der Waals surface area contributed by atoms with Crippen LogP contribution < -0.4 is 0 Å². The van der Waals surface area contributed by atoms with Crippen molar-refractivity contribution < 1.29 is 9.90 Å². The number of phenols is 1. The predicted molar refractivity (Wildman–Crippen MR) is 94.2 cm³/mol. The van der Waals surface area contributed by atoms with E-state index in [9.17, 15) is 9.90 Å². The van der Waals surface area contributed by atoms with Gasteiger partial charge in [0.15, 0.2) is 0 Å². The van der Waals surface area contributed by atoms with E-state index >= 15 is 0 Å². The first-order valence-corrected chi connectivity index (χ1v) is 9.43. The van der Waals surface area contributed by atoms with Crippen molar-refractivity contribution in [3.05, 3.63) is 29.3 Å². The van der Waals surface area contributed by atoms with Crippen LogP contribution in [0.2, 0.25) is 0 Å². The molecule has 0 unspecified atom stereocenters. The normalized spacial score (nSPS) is 27.8. The van der Waals surface area contributed by atoms with Crippen LogP contribution in [0.25, 0.3) is 0 Å². The van der Waals surface area contributed by atoms with Crippen LogP contribution in [0, 0.1) is 18.8 Å². The summed E-state index contributed by atoms with van der Waals surface area (Å²) < 4.78 is 0. The first-order valence-electron chi connectivity index (χ1n) is 9.43. The second kappa shape index (κ2) is 6.40. The Morgan fingerprint density at radius 3 is 2.75 bits per heavy atom. The van der Waals surface area contributed by atoms with E-state index in [0.29, 0.717) is 17.5 Å². The molecule has 1 N–H and O–H groups in total. The Morgan fingerprint density at radius 2 is 2.00 bits per heavy atom. The second-order valence-corrected chi connectivity index (χ2v) is 8.08. The minimum Gasteiger partial charge on any atom is -0.507 e. The lowest BCUT2D eigenvalue weighted by atomic mass is 9.83. The minimum absolute atomic E-state index is 0.00130. The van der Waals surface area contributed by atoms with Crippen molar-refractivity contribution in [1.29, 1.82) is 0 Å². The Hall–Kier alpha value is -1.55. The van der Waals surface area contributed by atoms with Gasteiger partial charge < -0.3 is 10.0 Å². The molecule has 2 bridgehead atoms. The second-order valence-electron chi connectivity index (χ2n) is 8.08. The van der Waals surface area contributed by atoms with Crippen molar-refractivity contribution >= 4 is 5.91 Å². The van der Waals surface area contributed by atoms with Gasteiger partial charge in [0.1, 0.15) is 5.75 Å². The van der Waals surface area contributed by atoms with E-state index < -0.39 is 0 Å². The molecule has 4 heteroatoms. The lowest BCUT2D eigenvalue weighted by molar-refractivity contribution is 0.0714. The van der Waals surface area contributed by atoms with Gasteiger partial charge in [-0.25, -0.2) is 0 Å². The van der Waals surface area contributed by atoms with Gasteiger partial charge in [-0.2, -0.15) is 0 Å². The fourth-order valence-electron chi connectivity index (χ4n) is 4.57. The third kappa shape index (κ3) is 3.04. The molecule has 3 aliphatic heterocycles. The average molecular weight is 328 g/mol. The van der Waals surface area contributed by atoms with Crippen molar-refractivity contribution in [3.8, 4) is 5.75 Å². The zero-order valence-electron chi connectivity index (χ0n) is 14.6. The van der Waals surface area contributed by atoms with E-state index in [0.717, 1.165) is 31.1 Å². The molecule has 3 heterocycles. The highest BCUT2D eigenvalue weighted by atomic mass is 16.3. The van der Waals surface area contributed by atoms with Crippen molar-refractivity contribution in [1.82, 2.24) is 9.80 Å². The van der Waals surface area contributed by atoms with E-state index in [4.69, 9.17) is 0 Å². The lowest BCUT2D eigenvalue weighted by Crippen LogP contribution is -2.47. The molecule has 1 aromatic carbocycles. The van der Waals surface area contributed by atoms with Gasteiger partial charge in [0.25, 0.3) is 5.91 Å². The summed E-state index contributed by atoms with van der Waals surface area (Å²) in [7, 11) is 0. The minimum atomic E-state index is -0.00130. The number of aromatic hydroxyl groups is 1. The van der Waals surface area contributed by atoms with Crippen LogP contribution in [0.4, 0.5) is 0 Å². The number of aryl methyl sites for hydroxylation is 1. The zero-order valence-corrected chi connectivity index (χ0v) is 14.6. The maximum atomic E-state index is 13.0. The van der Waals surface area contributed by atoms with Gasteiger partial charge in [0.05, 0.1) is 5.56 Å². The van der Waals surface area contributed by atoms with E-state index in [-0.39, 0.29) is 11.7 Å². The topological polar surface area (TPSA) is 43.8 Å². The molecular weight excluding hydrogens is 300 g/mol. The van der Waals surface area contributed by atoms with E-state index in [1.807, 2.05) is 24.0 Å². The molecule has 0 spiro atoms. The molecule has 4 nitrogen and oxygen atoms in total. The number of rotatable bonds is 3. The third-order valence-corrected chi connectivity index (χ3v) is 6.21. The van der Waals surface area contributed by atoms with Crippen LogP contribution in [-0.2, 0) is 0 Å². The summed E-state index contributed by atoms with van der Waals surface area (Å²) in [4.78, 5) is 17.6. The number of fused-ring (bicyclic) bond motifs is 4. The highest BCUT2D eigenvalue weighted by molar-refractivity contribution is 5.97. The van der Waals surface area contributed by atoms with Gasteiger partial charge in [-0.1, -0.05) is 18.1 Å². The molecule has 1 amide bonds. The molecule has 0 aromatic heterocycles. The Labute approximate surface area is 144 Å². The number of hydrogen-bond donors (Lipinski definition) is 1. The predicted octanol–water partition coefficient (Wildman–Crippen LogP) is 3.04. The van der Waals surface area contributed by atoms with Gasteiger partial charge in [0, 0.05) is 32.2 Å². The maximum absolute atomic E-state index is 13.0. The highest BCUT2D eigenvalue weighted by Gasteiger charge is 2.38. The third-order valence-electron chi connectivity index (χ3n) is 6.21. The van der Waals surface area contributed by atoms with Crippen LogP contribution in [0.3, 0.4) is 0 Å². The summed E-state index contributed by atoms with van der Waals surface area (Å²) in [6, 6.07) is 5.80. The Bertz CT molecular complexity index is 626. The number of hydrogen-bond acceptors (Lipinski definition) is 3. The zero-order chi connectivity index (χ0) is 16.7. The fourth-order valence-corrected chi connectivity index (χ4v) is 4.57. The highest BCUT2D eigenvalue weighted by Crippen LogP contribution is 2.34. The quantitative estimate of drug-likeness (QED) is 0.927. The van der Waals surface area contributed by atoms with Crippen molar-refractivity contribution in [2.24, 2.45) is 11.8 Å². The molecule has 1 saturated carbocycles. The standard InChI is InChI=1S/C20H28N2O2/c1-14-5-8-19(23)18(9-14)20(24)22-12-16-6-7-17(13-22)21(11-16)10-15-3-2-4-15/h5,8-9,15-17,23H,2-4,6-7,10-13H2,1H3/t16-,17-/m1/s1. The molecule has 4 fully saturated rings. The smallest absolute Gasteiger partial charge is 0.257 e. The van der Waals surface area contributed by atoms with Crippen LogP contribution in [0.1, 0.15) is 48.0 Å². The Balaban J connectivity index is 1.50. The van der Waals surface area contributed by atoms with Crippen LogP contribution in [0.15, 0.2) is 18.2 Å². The van der Waals surface area contributed by atoms with Gasteiger partial charge in [-0.15, -0.1) is 0 Å². The van der Waals surface area contributed by atoms with Gasteiger partial charge in [0.2, 0.25) is 0 Å². The lowest BCUT2D eigenvalue weighted by Gasteiger charge is -2.40. The Morgan fingerprint density at radius 1 is 1.17 bits per heavy atom. The fraction of sp³-hybridized carbons (Fsp3) is 0.650. The van der Waals surface area contributed by atoms with Gasteiger partial charge >= 0.3 is 0 Å². The number of carbonyl (C=O) groups is 1. The number of amides is 1. The van der Waals surface area contributed by atoms with Gasteiger partial charge in [-0.05, 0) is 56.6 Å². The summed E-state index contributed by atoms with van der Waals surface area (Å²) in [6.07, 6.45) is 6.60. The SMILES string of the molecule is Cc1ccc(O)c(C(=O)N2C[C@@H]3CC[C@H](C2)N(CC2CCC2)C3)c1. The van der Waals surface area contributed by atoms with E-state index in [2.05, 4.69) is 4.90 Å². The van der Waals surface area contributed by atoms with Crippen LogP contribution in [-0.4, -0.2) is 53.0 Å². The molecule has 3 saturated heterocycles. The Kier molecular flexibility index (Phi) is 4.25.